The monoisotopic (exact) mass is 327 g/mol. The molecule has 0 aliphatic rings. The minimum absolute atomic E-state index is 0.0732. The van der Waals surface area contributed by atoms with Gasteiger partial charge in [-0.25, -0.2) is 4.39 Å². The number of nitrogens with one attached hydrogen (secondary N) is 1. The third-order valence-electron chi connectivity index (χ3n) is 3.73. The minimum atomic E-state index is -0.454. The molecule has 0 aromatic heterocycles. The van der Waals surface area contributed by atoms with Crippen LogP contribution in [0.4, 0.5) is 4.39 Å². The molecule has 3 nitrogen and oxygen atoms in total. The third-order valence-corrected chi connectivity index (χ3v) is 3.73. The molecule has 2 aromatic carbocycles. The fourth-order valence-corrected chi connectivity index (χ4v) is 2.45. The molecule has 24 heavy (non-hydrogen) atoms. The molecular weight excluding hydrogens is 305 g/mol. The van der Waals surface area contributed by atoms with Gasteiger partial charge >= 0.3 is 0 Å². The maximum Gasteiger partial charge on any atom is 0.244 e. The van der Waals surface area contributed by atoms with Gasteiger partial charge in [0.05, 0.1) is 13.2 Å². The average Bonchev–Trinajstić information content (AvgIpc) is 2.58. The molecule has 1 N–H and O–H groups in total. The molecule has 0 radical (unpaired) electrons. The molecule has 0 spiro atoms. The van der Waals surface area contributed by atoms with Crippen LogP contribution in [0.1, 0.15) is 31.0 Å². The Bertz CT molecular complexity index is 711. The smallest absolute Gasteiger partial charge is 0.244 e. The average molecular weight is 327 g/mol. The van der Waals surface area contributed by atoms with Crippen molar-refractivity contribution in [1.29, 1.82) is 0 Å². The summed E-state index contributed by atoms with van der Waals surface area (Å²) in [5.74, 6) is -0.234. The van der Waals surface area contributed by atoms with Gasteiger partial charge < -0.3 is 10.1 Å². The van der Waals surface area contributed by atoms with Gasteiger partial charge in [0.2, 0.25) is 5.91 Å². The number of hydrogen-bond acceptors (Lipinski definition) is 2. The van der Waals surface area contributed by atoms with Gasteiger partial charge in [0.15, 0.2) is 11.6 Å². The summed E-state index contributed by atoms with van der Waals surface area (Å²) in [7, 11) is 1.41. The zero-order valence-electron chi connectivity index (χ0n) is 14.1. The van der Waals surface area contributed by atoms with E-state index in [-0.39, 0.29) is 23.6 Å². The molecule has 126 valence electrons. The van der Waals surface area contributed by atoms with Crippen LogP contribution in [0.15, 0.2) is 54.6 Å². The quantitative estimate of drug-likeness (QED) is 0.801. The van der Waals surface area contributed by atoms with E-state index in [0.717, 1.165) is 5.56 Å². The van der Waals surface area contributed by atoms with Crippen LogP contribution in [-0.2, 0) is 4.79 Å². The van der Waals surface area contributed by atoms with E-state index < -0.39 is 5.82 Å². The van der Waals surface area contributed by atoms with Crippen molar-refractivity contribution in [2.45, 2.75) is 19.9 Å². The number of ether oxygens (including phenoxy) is 1. The van der Waals surface area contributed by atoms with Crippen LogP contribution in [0, 0.1) is 11.7 Å². The number of hydrogen-bond donors (Lipinski definition) is 1. The van der Waals surface area contributed by atoms with Crippen molar-refractivity contribution in [3.05, 3.63) is 71.6 Å². The Hall–Kier alpha value is -2.62. The van der Waals surface area contributed by atoms with E-state index >= 15 is 0 Å². The number of halogens is 1. The van der Waals surface area contributed by atoms with Crippen LogP contribution < -0.4 is 10.1 Å². The summed E-state index contributed by atoms with van der Waals surface area (Å²) in [6, 6.07) is 14.3. The fourth-order valence-electron chi connectivity index (χ4n) is 2.45. The molecule has 1 unspecified atom stereocenters. The van der Waals surface area contributed by atoms with E-state index in [9.17, 15) is 9.18 Å². The molecule has 1 atom stereocenters. The highest BCUT2D eigenvalue weighted by Crippen LogP contribution is 2.21. The van der Waals surface area contributed by atoms with E-state index in [4.69, 9.17) is 4.74 Å². The van der Waals surface area contributed by atoms with Crippen LogP contribution >= 0.6 is 0 Å². The van der Waals surface area contributed by atoms with Crippen LogP contribution in [0.3, 0.4) is 0 Å². The largest absolute Gasteiger partial charge is 0.494 e. The second-order valence-electron chi connectivity index (χ2n) is 5.87. The summed E-state index contributed by atoms with van der Waals surface area (Å²) in [5, 5.41) is 3.00. The zero-order chi connectivity index (χ0) is 17.5. The predicted octanol–water partition coefficient (Wildman–Crippen LogP) is 4.36. The van der Waals surface area contributed by atoms with E-state index in [2.05, 4.69) is 19.2 Å². The van der Waals surface area contributed by atoms with E-state index in [1.807, 2.05) is 30.3 Å². The maximum atomic E-state index is 13.7. The van der Waals surface area contributed by atoms with Crippen molar-refractivity contribution in [2.75, 3.05) is 7.11 Å². The number of rotatable bonds is 6. The van der Waals surface area contributed by atoms with Crippen LogP contribution in [0.25, 0.3) is 6.08 Å². The lowest BCUT2D eigenvalue weighted by atomic mass is 9.96. The molecule has 4 heteroatoms. The van der Waals surface area contributed by atoms with Gasteiger partial charge in [-0.15, -0.1) is 0 Å². The van der Waals surface area contributed by atoms with Crippen molar-refractivity contribution >= 4 is 12.0 Å². The number of carbonyl (C=O) groups excluding carboxylic acids is 1. The lowest BCUT2D eigenvalue weighted by Gasteiger charge is -2.22. The van der Waals surface area contributed by atoms with Crippen molar-refractivity contribution in [1.82, 2.24) is 5.32 Å². The standard InChI is InChI=1S/C20H22FNO2/c1-14(2)20(16-7-5-4-6-8-16)22-19(23)12-10-15-9-11-18(24-3)17(21)13-15/h4-14,20H,1-3H3,(H,22,23)/b12-10+. The first kappa shape index (κ1) is 17.7. The van der Waals surface area contributed by atoms with Gasteiger partial charge in [-0.05, 0) is 35.3 Å². The summed E-state index contributed by atoms with van der Waals surface area (Å²) in [6.45, 7) is 4.11. The molecule has 2 rings (SSSR count). The Kier molecular flexibility index (Phi) is 6.13. The molecule has 0 fully saturated rings. The highest BCUT2D eigenvalue weighted by Gasteiger charge is 2.16. The summed E-state index contributed by atoms with van der Waals surface area (Å²) < 4.78 is 18.5. The highest BCUT2D eigenvalue weighted by atomic mass is 19.1. The summed E-state index contributed by atoms with van der Waals surface area (Å²) in [6.07, 6.45) is 3.00. The van der Waals surface area contributed by atoms with E-state index in [1.54, 1.807) is 12.1 Å². The first-order valence-corrected chi connectivity index (χ1v) is 7.88. The normalized spacial score (nSPS) is 12.4. The Morgan fingerprint density at radius 2 is 1.88 bits per heavy atom. The van der Waals surface area contributed by atoms with Gasteiger partial charge in [0.25, 0.3) is 0 Å². The molecule has 0 heterocycles. The van der Waals surface area contributed by atoms with Crippen molar-refractivity contribution in [3.63, 3.8) is 0 Å². The number of amides is 1. The van der Waals surface area contributed by atoms with Gasteiger partial charge in [0, 0.05) is 6.08 Å². The molecule has 0 aliphatic carbocycles. The summed E-state index contributed by atoms with van der Waals surface area (Å²) in [5.41, 5.74) is 1.66. The van der Waals surface area contributed by atoms with Crippen LogP contribution in [-0.4, -0.2) is 13.0 Å². The van der Waals surface area contributed by atoms with Gasteiger partial charge in [-0.2, -0.15) is 0 Å². The Balaban J connectivity index is 2.07. The Labute approximate surface area is 142 Å². The third kappa shape index (κ3) is 4.69. The van der Waals surface area contributed by atoms with Crippen LogP contribution in [0.5, 0.6) is 5.75 Å². The van der Waals surface area contributed by atoms with Crippen molar-refractivity contribution in [2.24, 2.45) is 5.92 Å². The van der Waals surface area contributed by atoms with Crippen LogP contribution in [0.2, 0.25) is 0 Å². The van der Waals surface area contributed by atoms with Gasteiger partial charge in [-0.3, -0.25) is 4.79 Å². The fraction of sp³-hybridized carbons (Fsp3) is 0.250. The van der Waals surface area contributed by atoms with Gasteiger partial charge in [0.1, 0.15) is 0 Å². The topological polar surface area (TPSA) is 38.3 Å². The van der Waals surface area contributed by atoms with E-state index in [0.29, 0.717) is 5.56 Å². The summed E-state index contributed by atoms with van der Waals surface area (Å²) in [4.78, 5) is 12.2. The first-order chi connectivity index (χ1) is 11.5. The summed E-state index contributed by atoms with van der Waals surface area (Å²) >= 11 is 0. The maximum absolute atomic E-state index is 13.7. The van der Waals surface area contributed by atoms with E-state index in [1.165, 1.54) is 25.3 Å². The minimum Gasteiger partial charge on any atom is -0.494 e. The van der Waals surface area contributed by atoms with Gasteiger partial charge in [-0.1, -0.05) is 50.2 Å². The number of carbonyl (C=O) groups is 1. The Morgan fingerprint density at radius 3 is 2.46 bits per heavy atom. The lowest BCUT2D eigenvalue weighted by molar-refractivity contribution is -0.117. The molecule has 0 bridgehead atoms. The molecule has 0 aliphatic heterocycles. The molecule has 0 saturated carbocycles. The predicted molar refractivity (Wildman–Crippen MR) is 94.1 cm³/mol. The second kappa shape index (κ2) is 8.29. The SMILES string of the molecule is COc1ccc(/C=C/C(=O)NC(c2ccccc2)C(C)C)cc1F. The second-order valence-corrected chi connectivity index (χ2v) is 5.87. The lowest BCUT2D eigenvalue weighted by Crippen LogP contribution is -2.30. The molecule has 1 amide bonds. The molecular formula is C20H22FNO2. The van der Waals surface area contributed by atoms with Crippen molar-refractivity contribution in [3.8, 4) is 5.75 Å². The molecule has 2 aromatic rings. The highest BCUT2D eigenvalue weighted by molar-refractivity contribution is 5.92. The zero-order valence-corrected chi connectivity index (χ0v) is 14.1. The number of benzene rings is 2. The number of methoxy groups -OCH3 is 1. The van der Waals surface area contributed by atoms with Crippen molar-refractivity contribution < 1.29 is 13.9 Å². The first-order valence-electron chi connectivity index (χ1n) is 7.88. The molecule has 0 saturated heterocycles. The Morgan fingerprint density at radius 1 is 1.17 bits per heavy atom.